The van der Waals surface area contributed by atoms with Crippen LogP contribution in [0, 0.1) is 0 Å². The molecule has 0 radical (unpaired) electrons. The van der Waals surface area contributed by atoms with Crippen molar-refractivity contribution in [2.45, 2.75) is 32.9 Å². The summed E-state index contributed by atoms with van der Waals surface area (Å²) >= 11 is 3.54. The Balaban J connectivity index is 2.32. The third-order valence-electron chi connectivity index (χ3n) is 2.80. The lowest BCUT2D eigenvalue weighted by Crippen LogP contribution is -2.35. The second-order valence-electron chi connectivity index (χ2n) is 5.56. The zero-order valence-corrected chi connectivity index (χ0v) is 13.7. The first kappa shape index (κ1) is 15.0. The molecule has 5 nitrogen and oxygen atoms in total. The molecule has 20 heavy (non-hydrogen) atoms. The van der Waals surface area contributed by atoms with Crippen LogP contribution in [-0.2, 0) is 6.54 Å². The predicted molar refractivity (Wildman–Crippen MR) is 82.2 cm³/mol. The Labute approximate surface area is 127 Å². The third-order valence-corrected chi connectivity index (χ3v) is 3.47. The van der Waals surface area contributed by atoms with E-state index in [0.29, 0.717) is 6.54 Å². The molecule has 0 aliphatic heterocycles. The molecule has 6 heteroatoms. The van der Waals surface area contributed by atoms with E-state index in [0.717, 1.165) is 21.6 Å². The molecule has 0 saturated carbocycles. The van der Waals surface area contributed by atoms with Gasteiger partial charge in [0.25, 0.3) is 0 Å². The average molecular weight is 339 g/mol. The van der Waals surface area contributed by atoms with E-state index in [2.05, 4.69) is 52.3 Å². The minimum absolute atomic E-state index is 0.0424. The second kappa shape index (κ2) is 5.93. The van der Waals surface area contributed by atoms with Crippen LogP contribution in [-0.4, -0.2) is 27.6 Å². The molecule has 1 heterocycles. The highest BCUT2D eigenvalue weighted by Gasteiger charge is 2.14. The van der Waals surface area contributed by atoms with Gasteiger partial charge in [-0.1, -0.05) is 5.21 Å². The van der Waals surface area contributed by atoms with Gasteiger partial charge in [0.2, 0.25) is 0 Å². The molecule has 0 bridgehead atoms. The van der Waals surface area contributed by atoms with Crippen LogP contribution in [0.5, 0.6) is 5.75 Å². The van der Waals surface area contributed by atoms with Gasteiger partial charge >= 0.3 is 0 Å². The maximum absolute atomic E-state index is 5.26. The van der Waals surface area contributed by atoms with Crippen molar-refractivity contribution < 1.29 is 4.74 Å². The molecular weight excluding hydrogens is 320 g/mol. The molecule has 0 saturated heterocycles. The van der Waals surface area contributed by atoms with E-state index in [1.807, 2.05) is 22.9 Å². The van der Waals surface area contributed by atoms with Crippen molar-refractivity contribution in [3.8, 4) is 11.4 Å². The van der Waals surface area contributed by atoms with Gasteiger partial charge in [0.1, 0.15) is 5.75 Å². The number of hydrogen-bond acceptors (Lipinski definition) is 4. The fraction of sp³-hybridized carbons (Fsp3) is 0.429. The van der Waals surface area contributed by atoms with Crippen LogP contribution in [0.25, 0.3) is 5.69 Å². The molecule has 1 aromatic heterocycles. The third kappa shape index (κ3) is 3.58. The molecule has 2 rings (SSSR count). The first-order valence-electron chi connectivity index (χ1n) is 6.39. The van der Waals surface area contributed by atoms with Gasteiger partial charge < -0.3 is 10.1 Å². The van der Waals surface area contributed by atoms with Crippen molar-refractivity contribution in [2.75, 3.05) is 7.11 Å². The number of ether oxygens (including phenoxy) is 1. The SMILES string of the molecule is COc1ccc(Br)c(-n2nncc2CNC(C)(C)C)c1. The van der Waals surface area contributed by atoms with Gasteiger partial charge in [-0.05, 0) is 48.8 Å². The van der Waals surface area contributed by atoms with Crippen molar-refractivity contribution in [1.29, 1.82) is 0 Å². The zero-order chi connectivity index (χ0) is 14.8. The summed E-state index contributed by atoms with van der Waals surface area (Å²) < 4.78 is 8.02. The Kier molecular flexibility index (Phi) is 4.45. The minimum Gasteiger partial charge on any atom is -0.497 e. The van der Waals surface area contributed by atoms with E-state index < -0.39 is 0 Å². The number of benzene rings is 1. The summed E-state index contributed by atoms with van der Waals surface area (Å²) in [5.41, 5.74) is 1.95. The fourth-order valence-electron chi connectivity index (χ4n) is 1.72. The van der Waals surface area contributed by atoms with Crippen molar-refractivity contribution in [3.05, 3.63) is 34.6 Å². The van der Waals surface area contributed by atoms with Crippen LogP contribution in [0.2, 0.25) is 0 Å². The van der Waals surface area contributed by atoms with Crippen LogP contribution < -0.4 is 10.1 Å². The number of nitrogens with zero attached hydrogens (tertiary/aromatic N) is 3. The molecule has 1 N–H and O–H groups in total. The lowest BCUT2D eigenvalue weighted by molar-refractivity contribution is 0.413. The average Bonchev–Trinajstić information content (AvgIpc) is 2.84. The standard InChI is InChI=1S/C14H19BrN4O/c1-14(2,3)16-8-10-9-17-18-19(10)13-7-11(20-4)5-6-12(13)15/h5-7,9,16H,8H2,1-4H3. The predicted octanol–water partition coefficient (Wildman–Crippen LogP) is 2.93. The first-order valence-corrected chi connectivity index (χ1v) is 7.18. The number of halogens is 1. The van der Waals surface area contributed by atoms with Crippen molar-refractivity contribution in [1.82, 2.24) is 20.3 Å². The zero-order valence-electron chi connectivity index (χ0n) is 12.1. The van der Waals surface area contributed by atoms with Crippen LogP contribution >= 0.6 is 15.9 Å². The molecule has 0 spiro atoms. The highest BCUT2D eigenvalue weighted by molar-refractivity contribution is 9.10. The second-order valence-corrected chi connectivity index (χ2v) is 6.41. The van der Waals surface area contributed by atoms with Gasteiger partial charge in [0.05, 0.1) is 24.7 Å². The summed E-state index contributed by atoms with van der Waals surface area (Å²) in [5.74, 6) is 0.786. The van der Waals surface area contributed by atoms with Crippen molar-refractivity contribution >= 4 is 15.9 Å². The topological polar surface area (TPSA) is 52.0 Å². The van der Waals surface area contributed by atoms with Crippen LogP contribution in [0.15, 0.2) is 28.9 Å². The lowest BCUT2D eigenvalue weighted by Gasteiger charge is -2.20. The first-order chi connectivity index (χ1) is 9.40. The van der Waals surface area contributed by atoms with Gasteiger partial charge in [-0.15, -0.1) is 5.10 Å². The summed E-state index contributed by atoms with van der Waals surface area (Å²) in [6, 6.07) is 5.77. The van der Waals surface area contributed by atoms with Gasteiger partial charge in [-0.3, -0.25) is 0 Å². The Bertz CT molecular complexity index is 589. The van der Waals surface area contributed by atoms with E-state index in [1.54, 1.807) is 13.3 Å². The number of nitrogens with one attached hydrogen (secondary N) is 1. The smallest absolute Gasteiger partial charge is 0.121 e. The molecule has 108 valence electrons. The van der Waals surface area contributed by atoms with Crippen LogP contribution in [0.3, 0.4) is 0 Å². The minimum atomic E-state index is 0.0424. The van der Waals surface area contributed by atoms with E-state index in [9.17, 15) is 0 Å². The van der Waals surface area contributed by atoms with Gasteiger partial charge in [-0.2, -0.15) is 0 Å². The Hall–Kier alpha value is -1.40. The van der Waals surface area contributed by atoms with Gasteiger partial charge in [-0.25, -0.2) is 4.68 Å². The van der Waals surface area contributed by atoms with Crippen molar-refractivity contribution in [3.63, 3.8) is 0 Å². The van der Waals surface area contributed by atoms with E-state index in [4.69, 9.17) is 4.74 Å². The van der Waals surface area contributed by atoms with Crippen LogP contribution in [0.4, 0.5) is 0 Å². The summed E-state index contributed by atoms with van der Waals surface area (Å²) in [6.45, 7) is 7.08. The fourth-order valence-corrected chi connectivity index (χ4v) is 2.13. The molecule has 0 unspecified atom stereocenters. The summed E-state index contributed by atoms with van der Waals surface area (Å²) in [5, 5.41) is 11.6. The monoisotopic (exact) mass is 338 g/mol. The number of methoxy groups -OCH3 is 1. The molecular formula is C14H19BrN4O. The highest BCUT2D eigenvalue weighted by atomic mass is 79.9. The largest absolute Gasteiger partial charge is 0.497 e. The number of rotatable bonds is 4. The van der Waals surface area contributed by atoms with E-state index >= 15 is 0 Å². The molecule has 0 aliphatic carbocycles. The highest BCUT2D eigenvalue weighted by Crippen LogP contribution is 2.26. The molecule has 2 aromatic rings. The maximum atomic E-state index is 5.26. The van der Waals surface area contributed by atoms with Gasteiger partial charge in [0, 0.05) is 22.6 Å². The molecule has 0 aliphatic rings. The summed E-state index contributed by atoms with van der Waals surface area (Å²) in [4.78, 5) is 0. The number of hydrogen-bond donors (Lipinski definition) is 1. The normalized spacial score (nSPS) is 11.7. The number of aromatic nitrogens is 3. The van der Waals surface area contributed by atoms with Crippen molar-refractivity contribution in [2.24, 2.45) is 0 Å². The Morgan fingerprint density at radius 1 is 1.35 bits per heavy atom. The van der Waals surface area contributed by atoms with Crippen LogP contribution in [0.1, 0.15) is 26.5 Å². The Morgan fingerprint density at radius 3 is 2.75 bits per heavy atom. The van der Waals surface area contributed by atoms with E-state index in [1.165, 1.54) is 0 Å². The molecule has 0 atom stereocenters. The molecule has 0 amide bonds. The van der Waals surface area contributed by atoms with Gasteiger partial charge in [0.15, 0.2) is 0 Å². The lowest BCUT2D eigenvalue weighted by atomic mass is 10.1. The summed E-state index contributed by atoms with van der Waals surface area (Å²) in [7, 11) is 1.65. The quantitative estimate of drug-likeness (QED) is 0.931. The molecule has 0 fully saturated rings. The summed E-state index contributed by atoms with van der Waals surface area (Å²) in [6.07, 6.45) is 1.77. The molecule has 1 aromatic carbocycles. The Morgan fingerprint density at radius 2 is 2.10 bits per heavy atom. The maximum Gasteiger partial charge on any atom is 0.121 e. The van der Waals surface area contributed by atoms with E-state index in [-0.39, 0.29) is 5.54 Å².